The van der Waals surface area contributed by atoms with Gasteiger partial charge in [0.05, 0.1) is 12.0 Å². The molecule has 0 aliphatic rings. The van der Waals surface area contributed by atoms with Gasteiger partial charge in [-0.1, -0.05) is 24.3 Å². The van der Waals surface area contributed by atoms with Gasteiger partial charge in [-0.25, -0.2) is 0 Å². The second kappa shape index (κ2) is 5.88. The van der Waals surface area contributed by atoms with Gasteiger partial charge in [0.2, 0.25) is 0 Å². The van der Waals surface area contributed by atoms with Crippen molar-refractivity contribution in [1.82, 2.24) is 0 Å². The Hall–Kier alpha value is -3.21. The Labute approximate surface area is 132 Å². The van der Waals surface area contributed by atoms with Crippen LogP contribution in [0.15, 0.2) is 60.7 Å². The Morgan fingerprint density at radius 2 is 1.61 bits per heavy atom. The lowest BCUT2D eigenvalue weighted by molar-refractivity contribution is -0.384. The van der Waals surface area contributed by atoms with E-state index < -0.39 is 4.92 Å². The van der Waals surface area contributed by atoms with Gasteiger partial charge in [0.1, 0.15) is 5.75 Å². The summed E-state index contributed by atoms with van der Waals surface area (Å²) < 4.78 is 5.32. The van der Waals surface area contributed by atoms with E-state index in [1.54, 1.807) is 19.2 Å². The number of carbonyl (C=O) groups is 1. The van der Waals surface area contributed by atoms with Gasteiger partial charge in [0.15, 0.2) is 5.78 Å². The number of ketones is 1. The molecule has 114 valence electrons. The Kier molecular flexibility index (Phi) is 3.76. The van der Waals surface area contributed by atoms with Gasteiger partial charge >= 0.3 is 0 Å². The highest BCUT2D eigenvalue weighted by Gasteiger charge is 2.15. The maximum absolute atomic E-state index is 12.7. The minimum Gasteiger partial charge on any atom is -0.496 e. The Morgan fingerprint density at radius 3 is 2.22 bits per heavy atom. The Bertz CT molecular complexity index is 901. The van der Waals surface area contributed by atoms with Crippen molar-refractivity contribution in [3.63, 3.8) is 0 Å². The zero-order valence-corrected chi connectivity index (χ0v) is 12.4. The summed E-state index contributed by atoms with van der Waals surface area (Å²) >= 11 is 0. The number of ether oxygens (including phenoxy) is 1. The maximum atomic E-state index is 12.7. The molecule has 0 saturated heterocycles. The molecule has 0 unspecified atom stereocenters. The molecule has 0 radical (unpaired) electrons. The lowest BCUT2D eigenvalue weighted by Gasteiger charge is -2.10. The number of nitrogens with zero attached hydrogens (tertiary/aromatic N) is 1. The first kappa shape index (κ1) is 14.7. The maximum Gasteiger partial charge on any atom is 0.269 e. The molecule has 0 aliphatic carbocycles. The molecule has 23 heavy (non-hydrogen) atoms. The van der Waals surface area contributed by atoms with E-state index in [4.69, 9.17) is 4.74 Å². The third kappa shape index (κ3) is 2.64. The number of carbonyl (C=O) groups excluding carboxylic acids is 1. The molecule has 0 heterocycles. The van der Waals surface area contributed by atoms with E-state index in [1.165, 1.54) is 24.3 Å². The average Bonchev–Trinajstić information content (AvgIpc) is 2.60. The van der Waals surface area contributed by atoms with Gasteiger partial charge in [-0.2, -0.15) is 0 Å². The first-order valence-electron chi connectivity index (χ1n) is 6.96. The van der Waals surface area contributed by atoms with E-state index in [1.807, 2.05) is 24.3 Å². The number of hydrogen-bond donors (Lipinski definition) is 0. The summed E-state index contributed by atoms with van der Waals surface area (Å²) in [5.74, 6) is 0.514. The topological polar surface area (TPSA) is 69.4 Å². The van der Waals surface area contributed by atoms with Gasteiger partial charge in [-0.3, -0.25) is 14.9 Å². The number of methoxy groups -OCH3 is 1. The van der Waals surface area contributed by atoms with Crippen molar-refractivity contribution >= 4 is 22.2 Å². The zero-order chi connectivity index (χ0) is 16.4. The van der Waals surface area contributed by atoms with Crippen LogP contribution in [0.4, 0.5) is 5.69 Å². The Balaban J connectivity index is 2.09. The standard InChI is InChI=1S/C18H13NO4/c1-23-17-11-10-16(14-4-2-3-5-15(14)17)18(20)12-6-8-13(9-7-12)19(21)22/h2-11H,1H3. The molecule has 3 aromatic rings. The first-order chi connectivity index (χ1) is 11.1. The van der Waals surface area contributed by atoms with Crippen LogP contribution in [0.3, 0.4) is 0 Å². The van der Waals surface area contributed by atoms with E-state index in [9.17, 15) is 14.9 Å². The molecule has 0 aliphatic heterocycles. The van der Waals surface area contributed by atoms with Crippen LogP contribution in [0.2, 0.25) is 0 Å². The normalized spacial score (nSPS) is 10.5. The van der Waals surface area contributed by atoms with E-state index >= 15 is 0 Å². The second-order valence-corrected chi connectivity index (χ2v) is 4.99. The van der Waals surface area contributed by atoms with Crippen molar-refractivity contribution in [1.29, 1.82) is 0 Å². The van der Waals surface area contributed by atoms with Crippen molar-refractivity contribution in [2.75, 3.05) is 7.11 Å². The summed E-state index contributed by atoms with van der Waals surface area (Å²) in [4.78, 5) is 22.9. The molecule has 3 rings (SSSR count). The van der Waals surface area contributed by atoms with Gasteiger partial charge in [0, 0.05) is 28.6 Å². The molecular formula is C18H13NO4. The molecule has 0 N–H and O–H groups in total. The van der Waals surface area contributed by atoms with Crippen LogP contribution in [0, 0.1) is 10.1 Å². The molecule has 5 heteroatoms. The van der Waals surface area contributed by atoms with Crippen molar-refractivity contribution < 1.29 is 14.5 Å². The fourth-order valence-electron chi connectivity index (χ4n) is 2.54. The van der Waals surface area contributed by atoms with E-state index in [0.717, 1.165) is 10.8 Å². The van der Waals surface area contributed by atoms with Crippen molar-refractivity contribution in [2.24, 2.45) is 0 Å². The van der Waals surface area contributed by atoms with Crippen LogP contribution in [-0.4, -0.2) is 17.8 Å². The number of rotatable bonds is 4. The molecule has 0 amide bonds. The number of nitro benzene ring substituents is 1. The van der Waals surface area contributed by atoms with Crippen molar-refractivity contribution in [3.05, 3.63) is 81.9 Å². The molecule has 0 spiro atoms. The van der Waals surface area contributed by atoms with Gasteiger partial charge in [0.25, 0.3) is 5.69 Å². The van der Waals surface area contributed by atoms with E-state index in [0.29, 0.717) is 16.9 Å². The number of hydrogen-bond acceptors (Lipinski definition) is 4. The summed E-state index contributed by atoms with van der Waals surface area (Å²) in [5, 5.41) is 12.3. The summed E-state index contributed by atoms with van der Waals surface area (Å²) in [6.07, 6.45) is 0. The van der Waals surface area contributed by atoms with Crippen molar-refractivity contribution in [3.8, 4) is 5.75 Å². The second-order valence-electron chi connectivity index (χ2n) is 4.99. The van der Waals surface area contributed by atoms with Gasteiger partial charge in [-0.05, 0) is 29.7 Å². The average molecular weight is 307 g/mol. The molecule has 0 atom stereocenters. The molecule has 3 aromatic carbocycles. The van der Waals surface area contributed by atoms with Crippen LogP contribution in [-0.2, 0) is 0 Å². The van der Waals surface area contributed by atoms with Gasteiger partial charge in [-0.15, -0.1) is 0 Å². The summed E-state index contributed by atoms with van der Waals surface area (Å²) in [6, 6.07) is 16.6. The number of non-ortho nitro benzene ring substituents is 1. The third-order valence-electron chi connectivity index (χ3n) is 3.69. The SMILES string of the molecule is COc1ccc(C(=O)c2ccc([N+](=O)[O-])cc2)c2ccccc12. The number of benzene rings is 3. The first-order valence-corrected chi connectivity index (χ1v) is 6.96. The van der Waals surface area contributed by atoms with Crippen LogP contribution < -0.4 is 4.74 Å². The third-order valence-corrected chi connectivity index (χ3v) is 3.69. The molecule has 0 fully saturated rings. The summed E-state index contributed by atoms with van der Waals surface area (Å²) in [7, 11) is 1.58. The molecule has 5 nitrogen and oxygen atoms in total. The highest BCUT2D eigenvalue weighted by Crippen LogP contribution is 2.29. The minimum absolute atomic E-state index is 0.0406. The fourth-order valence-corrected chi connectivity index (χ4v) is 2.54. The lowest BCUT2D eigenvalue weighted by atomic mass is 9.96. The van der Waals surface area contributed by atoms with Crippen LogP contribution >= 0.6 is 0 Å². The lowest BCUT2D eigenvalue weighted by Crippen LogP contribution is -2.03. The number of nitro groups is 1. The van der Waals surface area contributed by atoms with Gasteiger partial charge < -0.3 is 4.74 Å². The predicted molar refractivity (Wildman–Crippen MR) is 87.0 cm³/mol. The molecule has 0 bridgehead atoms. The highest BCUT2D eigenvalue weighted by molar-refractivity contribution is 6.17. The zero-order valence-electron chi connectivity index (χ0n) is 12.4. The molecular weight excluding hydrogens is 294 g/mol. The summed E-state index contributed by atoms with van der Waals surface area (Å²) in [6.45, 7) is 0. The minimum atomic E-state index is -0.489. The largest absolute Gasteiger partial charge is 0.496 e. The quantitative estimate of drug-likeness (QED) is 0.415. The van der Waals surface area contributed by atoms with E-state index in [2.05, 4.69) is 0 Å². The molecule has 0 aromatic heterocycles. The van der Waals surface area contributed by atoms with Crippen LogP contribution in [0.5, 0.6) is 5.75 Å². The monoisotopic (exact) mass is 307 g/mol. The van der Waals surface area contributed by atoms with Crippen molar-refractivity contribution in [2.45, 2.75) is 0 Å². The number of fused-ring (bicyclic) bond motifs is 1. The predicted octanol–water partition coefficient (Wildman–Crippen LogP) is 3.99. The highest BCUT2D eigenvalue weighted by atomic mass is 16.6. The fraction of sp³-hybridized carbons (Fsp3) is 0.0556. The Morgan fingerprint density at radius 1 is 0.957 bits per heavy atom. The van der Waals surface area contributed by atoms with Crippen LogP contribution in [0.1, 0.15) is 15.9 Å². The van der Waals surface area contributed by atoms with E-state index in [-0.39, 0.29) is 11.5 Å². The smallest absolute Gasteiger partial charge is 0.269 e. The summed E-state index contributed by atoms with van der Waals surface area (Å²) in [5.41, 5.74) is 0.905. The molecule has 0 saturated carbocycles. The van der Waals surface area contributed by atoms with Crippen LogP contribution in [0.25, 0.3) is 10.8 Å².